The molecule has 0 fully saturated rings. The lowest BCUT2D eigenvalue weighted by molar-refractivity contribution is 0.484. The molecule has 2 aliphatic carbocycles. The summed E-state index contributed by atoms with van der Waals surface area (Å²) in [6, 6.07) is 0.586. The maximum Gasteiger partial charge on any atom is 0.106 e. The molecule has 0 aliphatic heterocycles. The van der Waals surface area contributed by atoms with Crippen LogP contribution in [0.4, 0.5) is 0 Å². The summed E-state index contributed by atoms with van der Waals surface area (Å²) in [6.07, 6.45) is 13.7. The Morgan fingerprint density at radius 1 is 1.25 bits per heavy atom. The Morgan fingerprint density at radius 3 is 2.94 bits per heavy atom. The Kier molecular flexibility index (Phi) is 2.58. The van der Waals surface area contributed by atoms with Crippen molar-refractivity contribution in [2.24, 2.45) is 0 Å². The molecule has 3 rings (SSSR count). The highest BCUT2D eigenvalue weighted by atomic mass is 15.1. The van der Waals surface area contributed by atoms with E-state index in [9.17, 15) is 0 Å². The van der Waals surface area contributed by atoms with Crippen LogP contribution >= 0.6 is 0 Å². The van der Waals surface area contributed by atoms with Crippen molar-refractivity contribution in [1.29, 1.82) is 0 Å². The van der Waals surface area contributed by atoms with Gasteiger partial charge in [-0.1, -0.05) is 12.2 Å². The van der Waals surface area contributed by atoms with Gasteiger partial charge in [0.1, 0.15) is 5.82 Å². The molecule has 2 heteroatoms. The molecule has 0 spiro atoms. The van der Waals surface area contributed by atoms with Crippen molar-refractivity contribution in [1.82, 2.24) is 9.55 Å². The number of fused-ring (bicyclic) bond motifs is 1. The number of aryl methyl sites for hydroxylation is 2. The van der Waals surface area contributed by atoms with E-state index in [1.54, 1.807) is 0 Å². The largest absolute Gasteiger partial charge is 0.325 e. The van der Waals surface area contributed by atoms with Gasteiger partial charge in [-0.05, 0) is 51.9 Å². The summed E-state index contributed by atoms with van der Waals surface area (Å²) in [5.74, 6) is 1.23. The zero-order valence-electron chi connectivity index (χ0n) is 10.1. The Hall–Kier alpha value is -1.05. The van der Waals surface area contributed by atoms with Gasteiger partial charge in [0.25, 0.3) is 0 Å². The van der Waals surface area contributed by atoms with E-state index in [-0.39, 0.29) is 0 Å². The monoisotopic (exact) mass is 216 g/mol. The van der Waals surface area contributed by atoms with Crippen LogP contribution in [0.5, 0.6) is 0 Å². The molecule has 1 unspecified atom stereocenters. The molecule has 0 amide bonds. The maximum atomic E-state index is 4.76. The van der Waals surface area contributed by atoms with Gasteiger partial charge in [0.05, 0.1) is 11.7 Å². The van der Waals surface area contributed by atoms with Crippen molar-refractivity contribution in [3.8, 4) is 0 Å². The molecular formula is C14H20N2. The Labute approximate surface area is 97.4 Å². The number of aromatic nitrogens is 2. The van der Waals surface area contributed by atoms with Crippen LogP contribution in [0.1, 0.15) is 55.4 Å². The first kappa shape index (κ1) is 10.1. The van der Waals surface area contributed by atoms with Crippen LogP contribution in [0.25, 0.3) is 0 Å². The molecule has 0 aromatic carbocycles. The fourth-order valence-corrected chi connectivity index (χ4v) is 3.15. The van der Waals surface area contributed by atoms with E-state index in [1.807, 2.05) is 0 Å². The number of nitrogens with zero attached hydrogens (tertiary/aromatic N) is 2. The van der Waals surface area contributed by atoms with Crippen molar-refractivity contribution in [2.45, 2.75) is 57.9 Å². The van der Waals surface area contributed by atoms with Crippen molar-refractivity contribution in [2.75, 3.05) is 0 Å². The van der Waals surface area contributed by atoms with Crippen LogP contribution in [0, 0.1) is 6.92 Å². The molecule has 0 saturated carbocycles. The molecule has 0 saturated heterocycles. The Morgan fingerprint density at radius 2 is 2.12 bits per heavy atom. The van der Waals surface area contributed by atoms with E-state index in [0.29, 0.717) is 6.04 Å². The quantitative estimate of drug-likeness (QED) is 0.658. The Balaban J connectivity index is 2.01. The van der Waals surface area contributed by atoms with Crippen LogP contribution in [-0.2, 0) is 12.8 Å². The zero-order chi connectivity index (χ0) is 11.0. The van der Waals surface area contributed by atoms with Crippen molar-refractivity contribution in [3.05, 3.63) is 29.4 Å². The molecule has 16 heavy (non-hydrogen) atoms. The lowest BCUT2D eigenvalue weighted by Crippen LogP contribution is -2.15. The Bertz CT molecular complexity index is 415. The third-order valence-electron chi connectivity index (χ3n) is 3.91. The van der Waals surface area contributed by atoms with Gasteiger partial charge < -0.3 is 4.57 Å². The van der Waals surface area contributed by atoms with E-state index in [1.165, 1.54) is 62.2 Å². The van der Waals surface area contributed by atoms with Gasteiger partial charge in [0, 0.05) is 5.69 Å². The molecule has 0 radical (unpaired) electrons. The lowest BCUT2D eigenvalue weighted by Gasteiger charge is -2.23. The minimum atomic E-state index is 0.586. The van der Waals surface area contributed by atoms with Crippen molar-refractivity contribution in [3.63, 3.8) is 0 Å². The molecule has 2 aliphatic rings. The first-order chi connectivity index (χ1) is 7.86. The van der Waals surface area contributed by atoms with Gasteiger partial charge in [0.2, 0.25) is 0 Å². The second kappa shape index (κ2) is 4.08. The minimum absolute atomic E-state index is 0.586. The first-order valence-electron chi connectivity index (χ1n) is 6.59. The molecule has 0 N–H and O–H groups in total. The molecule has 1 atom stereocenters. The summed E-state index contributed by atoms with van der Waals surface area (Å²) in [5.41, 5.74) is 2.91. The smallest absolute Gasteiger partial charge is 0.106 e. The first-order valence-corrected chi connectivity index (χ1v) is 6.59. The highest BCUT2D eigenvalue weighted by Gasteiger charge is 2.22. The van der Waals surface area contributed by atoms with Crippen LogP contribution in [0.3, 0.4) is 0 Å². The predicted molar refractivity (Wildman–Crippen MR) is 65.6 cm³/mol. The average molecular weight is 216 g/mol. The van der Waals surface area contributed by atoms with E-state index in [2.05, 4.69) is 23.6 Å². The standard InChI is InChI=1S/C14H20N2/c1-11-15-13-9-5-6-10-14(13)16(11)12-7-3-2-4-8-12/h3,7,12H,2,4-6,8-10H2,1H3. The lowest BCUT2D eigenvalue weighted by atomic mass is 9.98. The summed E-state index contributed by atoms with van der Waals surface area (Å²) in [6.45, 7) is 2.17. The molecule has 0 bridgehead atoms. The molecule has 1 aromatic heterocycles. The number of allylic oxidation sites excluding steroid dienone is 2. The summed E-state index contributed by atoms with van der Waals surface area (Å²) in [5, 5.41) is 0. The van der Waals surface area contributed by atoms with Gasteiger partial charge in [-0.2, -0.15) is 0 Å². The number of hydrogen-bond acceptors (Lipinski definition) is 1. The summed E-state index contributed by atoms with van der Waals surface area (Å²) in [4.78, 5) is 4.76. The number of imidazole rings is 1. The molecule has 86 valence electrons. The van der Waals surface area contributed by atoms with Gasteiger partial charge in [-0.15, -0.1) is 0 Å². The summed E-state index contributed by atoms with van der Waals surface area (Å²) < 4.78 is 2.50. The van der Waals surface area contributed by atoms with Crippen LogP contribution in [0.2, 0.25) is 0 Å². The average Bonchev–Trinajstić information content (AvgIpc) is 2.66. The van der Waals surface area contributed by atoms with Gasteiger partial charge in [-0.25, -0.2) is 4.98 Å². The number of hydrogen-bond donors (Lipinski definition) is 0. The zero-order valence-corrected chi connectivity index (χ0v) is 10.1. The van der Waals surface area contributed by atoms with E-state index < -0.39 is 0 Å². The van der Waals surface area contributed by atoms with Gasteiger partial charge in [-0.3, -0.25) is 0 Å². The SMILES string of the molecule is Cc1nc2c(n1C1C=CCCC1)CCCC2. The van der Waals surface area contributed by atoms with Gasteiger partial charge in [0.15, 0.2) is 0 Å². The minimum Gasteiger partial charge on any atom is -0.325 e. The third-order valence-corrected chi connectivity index (χ3v) is 3.91. The topological polar surface area (TPSA) is 17.8 Å². The summed E-state index contributed by atoms with van der Waals surface area (Å²) >= 11 is 0. The van der Waals surface area contributed by atoms with Gasteiger partial charge >= 0.3 is 0 Å². The molecule has 1 heterocycles. The second-order valence-corrected chi connectivity index (χ2v) is 5.06. The van der Waals surface area contributed by atoms with E-state index in [4.69, 9.17) is 4.98 Å². The highest BCUT2D eigenvalue weighted by Crippen LogP contribution is 2.30. The van der Waals surface area contributed by atoms with Crippen LogP contribution in [-0.4, -0.2) is 9.55 Å². The van der Waals surface area contributed by atoms with Crippen LogP contribution in [0.15, 0.2) is 12.2 Å². The number of rotatable bonds is 1. The third kappa shape index (κ3) is 1.60. The fraction of sp³-hybridized carbons (Fsp3) is 0.643. The normalized spacial score (nSPS) is 24.4. The molecular weight excluding hydrogens is 196 g/mol. The van der Waals surface area contributed by atoms with E-state index >= 15 is 0 Å². The predicted octanol–water partition coefficient (Wildman–Crippen LogP) is 3.35. The van der Waals surface area contributed by atoms with Crippen molar-refractivity contribution < 1.29 is 0 Å². The highest BCUT2D eigenvalue weighted by molar-refractivity contribution is 5.22. The van der Waals surface area contributed by atoms with Crippen LogP contribution < -0.4 is 0 Å². The molecule has 2 nitrogen and oxygen atoms in total. The second-order valence-electron chi connectivity index (χ2n) is 5.06. The van der Waals surface area contributed by atoms with Crippen molar-refractivity contribution >= 4 is 0 Å². The molecule has 1 aromatic rings. The summed E-state index contributed by atoms with van der Waals surface area (Å²) in [7, 11) is 0. The fourth-order valence-electron chi connectivity index (χ4n) is 3.15. The van der Waals surface area contributed by atoms with E-state index in [0.717, 1.165) is 0 Å². The maximum absolute atomic E-state index is 4.76.